The van der Waals surface area contributed by atoms with Crippen molar-refractivity contribution < 1.29 is 70.2 Å². The van der Waals surface area contributed by atoms with Gasteiger partial charge in [-0.2, -0.15) is 8.42 Å². The molecule has 0 radical (unpaired) electrons. The maximum Gasteiger partial charge on any atom is 1.00 e. The van der Waals surface area contributed by atoms with Gasteiger partial charge in [-0.3, -0.25) is 4.79 Å². The molecule has 0 unspecified atom stereocenters. The Labute approximate surface area is 212 Å². The van der Waals surface area contributed by atoms with Gasteiger partial charge in [0.15, 0.2) is 0 Å². The summed E-state index contributed by atoms with van der Waals surface area (Å²) in [5.41, 5.74) is 5.16. The molecule has 0 bridgehead atoms. The Hall–Kier alpha value is 1.02. The van der Waals surface area contributed by atoms with Crippen LogP contribution in [0.4, 0.5) is 0 Å². The molecule has 0 aromatic heterocycles. The number of nitrogens with two attached hydrogens (primary N) is 1. The number of hydrogen-bond acceptors (Lipinski definition) is 5. The van der Waals surface area contributed by atoms with Crippen molar-refractivity contribution in [3.63, 3.8) is 0 Å². The molecule has 0 saturated heterocycles. The third-order valence-electron chi connectivity index (χ3n) is 4.57. The Balaban J connectivity index is -0.00000312. The number of rotatable bonds is 19. The van der Waals surface area contributed by atoms with Gasteiger partial charge in [0.25, 0.3) is 0 Å². The Morgan fingerprint density at radius 2 is 1.15 bits per heavy atom. The van der Waals surface area contributed by atoms with Crippen LogP contribution < -0.4 is 57.1 Å². The number of hydrogen-bond donors (Lipinski definition) is 1. The molecule has 158 valence electrons. The quantitative estimate of drug-likeness (QED) is 0.192. The zero-order chi connectivity index (χ0) is 19.5. The van der Waals surface area contributed by atoms with Gasteiger partial charge in [-0.15, -0.1) is 0 Å². The maximum atomic E-state index is 11.4. The first-order valence-corrected chi connectivity index (χ1v) is 12.2. The van der Waals surface area contributed by atoms with Gasteiger partial charge in [-0.1, -0.05) is 96.8 Å². The summed E-state index contributed by atoms with van der Waals surface area (Å²) in [5, 5.41) is 0. The number of carbonyl (C=O) groups is 1. The van der Waals surface area contributed by atoms with Gasteiger partial charge in [0, 0.05) is 13.0 Å². The summed E-state index contributed by atoms with van der Waals surface area (Å²) in [7, 11) is -3.78. The van der Waals surface area contributed by atoms with Crippen molar-refractivity contribution >= 4 is 16.1 Å². The molecule has 0 atom stereocenters. The Morgan fingerprint density at radius 1 is 0.778 bits per heavy atom. The Bertz CT molecular complexity index is 436. The normalized spacial score (nSPS) is 11.2. The topological polar surface area (TPSA) is 86.5 Å². The molecular weight excluding hydrogens is 389 g/mol. The first-order valence-electron chi connectivity index (χ1n) is 10.7. The van der Waals surface area contributed by atoms with Gasteiger partial charge in [0.2, 0.25) is 0 Å². The van der Waals surface area contributed by atoms with Gasteiger partial charge in [0.1, 0.15) is 0 Å². The first kappa shape index (κ1) is 30.2. The summed E-state index contributed by atoms with van der Waals surface area (Å²) >= 11 is 0. The number of carbonyl (C=O) groups excluding carboxylic acids is 1. The van der Waals surface area contributed by atoms with E-state index in [2.05, 4.69) is 11.1 Å². The van der Waals surface area contributed by atoms with Gasteiger partial charge in [-0.05, 0) is 6.42 Å². The van der Waals surface area contributed by atoms with Crippen molar-refractivity contribution in [2.75, 3.05) is 12.3 Å². The molecule has 0 aromatic carbocycles. The van der Waals surface area contributed by atoms with Crippen molar-refractivity contribution in [1.82, 2.24) is 0 Å². The minimum Gasteiger partial charge on any atom is -1.00 e. The van der Waals surface area contributed by atoms with Crippen LogP contribution in [0.5, 0.6) is 0 Å². The molecule has 0 amide bonds. The molecule has 0 heterocycles. The van der Waals surface area contributed by atoms with E-state index in [4.69, 9.17) is 5.73 Å². The molecule has 0 fully saturated rings. The first-order chi connectivity index (χ1) is 12.5. The zero-order valence-corrected chi connectivity index (χ0v) is 21.8. The van der Waals surface area contributed by atoms with Crippen molar-refractivity contribution in [2.45, 2.75) is 110 Å². The van der Waals surface area contributed by atoms with E-state index in [1.807, 2.05) is 0 Å². The molecule has 7 heteroatoms. The van der Waals surface area contributed by atoms with Crippen LogP contribution in [0.3, 0.4) is 0 Å². The second-order valence-electron chi connectivity index (χ2n) is 7.21. The summed E-state index contributed by atoms with van der Waals surface area (Å²) in [4.78, 5) is 11.4. The van der Waals surface area contributed by atoms with Crippen LogP contribution >= 0.6 is 0 Å². The van der Waals surface area contributed by atoms with Crippen LogP contribution in [-0.2, 0) is 19.1 Å². The monoisotopic (exact) mass is 431 g/mol. The molecule has 27 heavy (non-hydrogen) atoms. The van der Waals surface area contributed by atoms with Crippen molar-refractivity contribution in [2.24, 2.45) is 5.73 Å². The molecule has 0 spiro atoms. The second kappa shape index (κ2) is 21.7. The van der Waals surface area contributed by atoms with Gasteiger partial charge in [-0.25, -0.2) is 0 Å². The summed E-state index contributed by atoms with van der Waals surface area (Å²) < 4.78 is 27.0. The van der Waals surface area contributed by atoms with E-state index in [-0.39, 0.29) is 71.5 Å². The average molecular weight is 432 g/mol. The van der Waals surface area contributed by atoms with E-state index in [0.717, 1.165) is 12.8 Å². The predicted octanol–water partition coefficient (Wildman–Crippen LogP) is 2.20. The van der Waals surface area contributed by atoms with Gasteiger partial charge in [0.05, 0.1) is 5.75 Å². The van der Waals surface area contributed by atoms with Crippen LogP contribution in [0, 0.1) is 0 Å². The fourth-order valence-electron chi connectivity index (χ4n) is 3.01. The fraction of sp³-hybridized carbons (Fsp3) is 0.950. The smallest absolute Gasteiger partial charge is 1.00 e. The van der Waals surface area contributed by atoms with E-state index < -0.39 is 16.1 Å². The molecule has 0 aliphatic carbocycles. The predicted molar refractivity (Wildman–Crippen MR) is 110 cm³/mol. The largest absolute Gasteiger partial charge is 1.00 e. The van der Waals surface area contributed by atoms with Gasteiger partial charge < -0.3 is 11.3 Å². The average Bonchev–Trinajstić information content (AvgIpc) is 2.57. The summed E-state index contributed by atoms with van der Waals surface area (Å²) in [6.07, 6.45) is 19.0. The van der Waals surface area contributed by atoms with Crippen LogP contribution in [0.2, 0.25) is 0 Å². The molecule has 0 saturated carbocycles. The fourth-order valence-corrected chi connectivity index (χ4v) is 3.75. The number of unbranched alkanes of at least 4 members (excludes halogenated alkanes) is 14. The van der Waals surface area contributed by atoms with Crippen LogP contribution in [0.1, 0.15) is 111 Å². The summed E-state index contributed by atoms with van der Waals surface area (Å²) in [6, 6.07) is 0. The Kier molecular flexibility index (Phi) is 24.3. The molecule has 0 aromatic rings. The minimum absolute atomic E-state index is 0. The van der Waals surface area contributed by atoms with E-state index >= 15 is 0 Å². The van der Waals surface area contributed by atoms with Crippen molar-refractivity contribution in [1.29, 1.82) is 0 Å². The second-order valence-corrected chi connectivity index (χ2v) is 8.90. The zero-order valence-electron chi connectivity index (χ0n) is 18.8. The molecule has 5 nitrogen and oxygen atoms in total. The summed E-state index contributed by atoms with van der Waals surface area (Å²) in [5.74, 6) is -0.967. The van der Waals surface area contributed by atoms with E-state index in [1.54, 1.807) is 0 Å². The minimum atomic E-state index is -3.78. The Morgan fingerprint density at radius 3 is 1.52 bits per heavy atom. The van der Waals surface area contributed by atoms with Crippen LogP contribution in [0.15, 0.2) is 0 Å². The third-order valence-corrected chi connectivity index (χ3v) is 5.75. The maximum absolute atomic E-state index is 11.4. The van der Waals surface area contributed by atoms with Crippen LogP contribution in [0.25, 0.3) is 0 Å². The standard InChI is InChI=1S/C20H41NO4S.K.H/c1-2-3-4-5-6-7-8-9-10-11-12-13-14-15-16-17-20(22)25-26(23,24)19-18-21;;/h2-19,21H2,1H3;;/q;+1;-1. The van der Waals surface area contributed by atoms with Crippen molar-refractivity contribution in [3.05, 3.63) is 0 Å². The molecule has 0 aliphatic rings. The van der Waals surface area contributed by atoms with Crippen molar-refractivity contribution in [3.8, 4) is 0 Å². The molecule has 0 aliphatic heterocycles. The van der Waals surface area contributed by atoms with Crippen LogP contribution in [-0.4, -0.2) is 26.7 Å². The summed E-state index contributed by atoms with van der Waals surface area (Å²) in [6.45, 7) is 2.22. The van der Waals surface area contributed by atoms with E-state index in [0.29, 0.717) is 6.42 Å². The SMILES string of the molecule is CCCCCCCCCCCCCCCCCC(=O)OS(=O)(=O)CCN.[H-].[K+]. The van der Waals surface area contributed by atoms with Gasteiger partial charge >= 0.3 is 67.5 Å². The third kappa shape index (κ3) is 23.2. The van der Waals surface area contributed by atoms with E-state index in [9.17, 15) is 13.2 Å². The molecular formula is C20H42KNO4S. The van der Waals surface area contributed by atoms with E-state index in [1.165, 1.54) is 77.0 Å². The molecule has 2 N–H and O–H groups in total. The molecule has 0 rings (SSSR count).